The van der Waals surface area contributed by atoms with E-state index in [1.165, 1.54) is 19.2 Å². The van der Waals surface area contributed by atoms with Crippen molar-refractivity contribution in [2.75, 3.05) is 29.5 Å². The summed E-state index contributed by atoms with van der Waals surface area (Å²) in [7, 11) is -2.66. The largest absolute Gasteiger partial charge is 0.495 e. The first-order chi connectivity index (χ1) is 16.6. The maximum Gasteiger partial charge on any atom is 0.271 e. The topological polar surface area (TPSA) is 124 Å². The number of sulfonamides is 1. The molecule has 0 saturated carbocycles. The molecule has 1 heterocycles. The fraction of sp³-hybridized carbons (Fsp3) is 0.208. The number of rotatable bonds is 8. The number of hydrogen-bond donors (Lipinski definition) is 1. The first-order valence-corrected chi connectivity index (χ1v) is 12.6. The third kappa shape index (κ3) is 4.62. The van der Waals surface area contributed by atoms with E-state index in [9.17, 15) is 23.3 Å². The minimum atomic E-state index is -3.98. The molecule has 1 amide bonds. The summed E-state index contributed by atoms with van der Waals surface area (Å²) in [5.41, 5.74) is 2.18. The number of para-hydroxylation sites is 1. The van der Waals surface area contributed by atoms with Crippen molar-refractivity contribution in [2.24, 2.45) is 0 Å². The van der Waals surface area contributed by atoms with Crippen LogP contribution in [0.15, 0.2) is 60.7 Å². The molecule has 11 heteroatoms. The van der Waals surface area contributed by atoms with Gasteiger partial charge < -0.3 is 14.6 Å². The molecule has 0 bridgehead atoms. The van der Waals surface area contributed by atoms with Gasteiger partial charge in [0.2, 0.25) is 15.9 Å². The van der Waals surface area contributed by atoms with Crippen LogP contribution >= 0.6 is 0 Å². The van der Waals surface area contributed by atoms with Gasteiger partial charge in [0.1, 0.15) is 18.0 Å². The van der Waals surface area contributed by atoms with E-state index < -0.39 is 27.4 Å². The number of amides is 1. The van der Waals surface area contributed by atoms with Crippen LogP contribution in [0.1, 0.15) is 6.92 Å². The van der Waals surface area contributed by atoms with Gasteiger partial charge in [0.25, 0.3) is 5.69 Å². The fourth-order valence-corrected chi connectivity index (χ4v) is 5.02. The Bertz CT molecular complexity index is 1560. The van der Waals surface area contributed by atoms with Crippen LogP contribution in [0.3, 0.4) is 0 Å². The molecular formula is C24H24N4O6S. The van der Waals surface area contributed by atoms with E-state index in [0.29, 0.717) is 5.69 Å². The number of aromatic nitrogens is 1. The summed E-state index contributed by atoms with van der Waals surface area (Å²) in [6.45, 7) is 2.25. The number of methoxy groups -OCH3 is 1. The van der Waals surface area contributed by atoms with Gasteiger partial charge in [0, 0.05) is 46.2 Å². The zero-order valence-electron chi connectivity index (χ0n) is 19.4. The highest BCUT2D eigenvalue weighted by Gasteiger charge is 2.26. The van der Waals surface area contributed by atoms with Crippen molar-refractivity contribution in [2.45, 2.75) is 13.5 Å². The second kappa shape index (κ2) is 9.26. The van der Waals surface area contributed by atoms with Crippen molar-refractivity contribution in [1.82, 2.24) is 4.57 Å². The Morgan fingerprint density at radius 1 is 1.09 bits per heavy atom. The number of nitro groups is 1. The van der Waals surface area contributed by atoms with Crippen LogP contribution in [0, 0.1) is 10.1 Å². The fourth-order valence-electron chi connectivity index (χ4n) is 4.17. The Hall–Kier alpha value is -4.12. The number of fused-ring (bicyclic) bond motifs is 3. The summed E-state index contributed by atoms with van der Waals surface area (Å²) in [5, 5.41) is 16.0. The number of carbonyl (C=O) groups is 1. The number of nitro benzene ring substituents is 1. The van der Waals surface area contributed by atoms with Gasteiger partial charge in [-0.3, -0.25) is 19.2 Å². The summed E-state index contributed by atoms with van der Waals surface area (Å²) >= 11 is 0. The highest BCUT2D eigenvalue weighted by atomic mass is 32.2. The number of nitrogens with zero attached hydrogens (tertiary/aromatic N) is 3. The molecule has 4 rings (SSSR count). The smallest absolute Gasteiger partial charge is 0.271 e. The molecule has 0 aliphatic carbocycles. The van der Waals surface area contributed by atoms with E-state index in [2.05, 4.69) is 16.8 Å². The number of ether oxygens (including phenoxy) is 1. The van der Waals surface area contributed by atoms with E-state index in [1.807, 2.05) is 36.4 Å². The van der Waals surface area contributed by atoms with Crippen molar-refractivity contribution in [3.8, 4) is 5.75 Å². The SMILES string of the molecule is CCn1c2ccccc2c2cc(NC(=O)CN(c3cc([N+](=O)[O-])ccc3OC)S(C)(=O)=O)ccc21. The van der Waals surface area contributed by atoms with Crippen molar-refractivity contribution in [1.29, 1.82) is 0 Å². The molecule has 35 heavy (non-hydrogen) atoms. The van der Waals surface area contributed by atoms with Gasteiger partial charge in [-0.05, 0) is 37.3 Å². The van der Waals surface area contributed by atoms with E-state index in [-0.39, 0.29) is 17.1 Å². The Kier molecular flexibility index (Phi) is 6.35. The number of nitrogens with one attached hydrogen (secondary N) is 1. The molecular weight excluding hydrogens is 472 g/mol. The number of benzene rings is 3. The first kappa shape index (κ1) is 24.0. The molecule has 182 valence electrons. The molecule has 10 nitrogen and oxygen atoms in total. The highest BCUT2D eigenvalue weighted by Crippen LogP contribution is 2.34. The molecule has 0 spiro atoms. The zero-order valence-corrected chi connectivity index (χ0v) is 20.2. The van der Waals surface area contributed by atoms with Crippen molar-refractivity contribution in [3.05, 3.63) is 70.8 Å². The van der Waals surface area contributed by atoms with Crippen molar-refractivity contribution >= 4 is 54.8 Å². The van der Waals surface area contributed by atoms with Gasteiger partial charge in [-0.1, -0.05) is 18.2 Å². The summed E-state index contributed by atoms with van der Waals surface area (Å²) in [6.07, 6.45) is 0.921. The Morgan fingerprint density at radius 2 is 1.80 bits per heavy atom. The summed E-state index contributed by atoms with van der Waals surface area (Å²) < 4.78 is 33.2. The molecule has 0 aliphatic heterocycles. The van der Waals surface area contributed by atoms with Gasteiger partial charge in [-0.2, -0.15) is 0 Å². The third-order valence-electron chi connectivity index (χ3n) is 5.70. The summed E-state index contributed by atoms with van der Waals surface area (Å²) in [4.78, 5) is 23.5. The van der Waals surface area contributed by atoms with Crippen LogP contribution in [0.2, 0.25) is 0 Å². The Morgan fingerprint density at radius 3 is 2.46 bits per heavy atom. The summed E-state index contributed by atoms with van der Waals surface area (Å²) in [6, 6.07) is 17.0. The standard InChI is InChI=1S/C24H24N4O6S/c1-4-26-20-8-6-5-7-18(20)19-13-16(9-11-21(19)26)25-24(29)15-27(35(3,32)33)22-14-17(28(30)31)10-12-23(22)34-2/h5-14H,4,15H2,1-3H3,(H,25,29). The average Bonchev–Trinajstić information content (AvgIpc) is 3.14. The van der Waals surface area contributed by atoms with Crippen molar-refractivity contribution in [3.63, 3.8) is 0 Å². The van der Waals surface area contributed by atoms with Gasteiger partial charge in [0.05, 0.1) is 18.3 Å². The van der Waals surface area contributed by atoms with Gasteiger partial charge in [-0.25, -0.2) is 8.42 Å². The van der Waals surface area contributed by atoms with Gasteiger partial charge in [-0.15, -0.1) is 0 Å². The minimum absolute atomic E-state index is 0.0858. The average molecular weight is 497 g/mol. The third-order valence-corrected chi connectivity index (χ3v) is 6.83. The van der Waals surface area contributed by atoms with Gasteiger partial charge >= 0.3 is 0 Å². The number of non-ortho nitro benzene ring substituents is 1. The Labute approximate surface area is 201 Å². The van der Waals surface area contributed by atoms with Crippen LogP contribution in [-0.4, -0.2) is 43.7 Å². The van der Waals surface area contributed by atoms with Crippen LogP contribution in [0.4, 0.5) is 17.1 Å². The highest BCUT2D eigenvalue weighted by molar-refractivity contribution is 7.92. The molecule has 0 atom stereocenters. The van der Waals surface area contributed by atoms with Crippen LogP contribution in [0.25, 0.3) is 21.8 Å². The molecule has 0 aliphatic rings. The molecule has 0 saturated heterocycles. The predicted molar refractivity (Wildman–Crippen MR) is 136 cm³/mol. The molecule has 4 aromatic rings. The quantitative estimate of drug-likeness (QED) is 0.289. The van der Waals surface area contributed by atoms with Crippen molar-refractivity contribution < 1.29 is 22.9 Å². The van der Waals surface area contributed by atoms with Crippen LogP contribution in [0.5, 0.6) is 5.75 Å². The lowest BCUT2D eigenvalue weighted by Gasteiger charge is -2.23. The lowest BCUT2D eigenvalue weighted by Crippen LogP contribution is -2.37. The lowest BCUT2D eigenvalue weighted by atomic mass is 10.1. The van der Waals surface area contributed by atoms with Crippen LogP contribution < -0.4 is 14.4 Å². The maximum atomic E-state index is 12.9. The first-order valence-electron chi connectivity index (χ1n) is 10.7. The number of hydrogen-bond acceptors (Lipinski definition) is 6. The summed E-state index contributed by atoms with van der Waals surface area (Å²) in [5.74, 6) is -0.523. The predicted octanol–water partition coefficient (Wildman–Crippen LogP) is 4.14. The monoisotopic (exact) mass is 496 g/mol. The number of carbonyl (C=O) groups excluding carboxylic acids is 1. The number of anilines is 2. The zero-order chi connectivity index (χ0) is 25.3. The second-order valence-electron chi connectivity index (χ2n) is 7.92. The Balaban J connectivity index is 1.67. The number of aryl methyl sites for hydroxylation is 1. The van der Waals surface area contributed by atoms with Crippen LogP contribution in [-0.2, 0) is 21.4 Å². The van der Waals surface area contributed by atoms with E-state index in [4.69, 9.17) is 4.74 Å². The van der Waals surface area contributed by atoms with E-state index in [0.717, 1.165) is 45.0 Å². The van der Waals surface area contributed by atoms with E-state index >= 15 is 0 Å². The molecule has 0 radical (unpaired) electrons. The lowest BCUT2D eigenvalue weighted by molar-refractivity contribution is -0.384. The molecule has 3 aromatic carbocycles. The van der Waals surface area contributed by atoms with Gasteiger partial charge in [0.15, 0.2) is 0 Å². The minimum Gasteiger partial charge on any atom is -0.495 e. The molecule has 1 aromatic heterocycles. The molecule has 0 unspecified atom stereocenters. The normalized spacial score (nSPS) is 11.5. The van der Waals surface area contributed by atoms with E-state index in [1.54, 1.807) is 6.07 Å². The molecule has 0 fully saturated rings. The molecule has 1 N–H and O–H groups in total. The maximum absolute atomic E-state index is 12.9. The second-order valence-corrected chi connectivity index (χ2v) is 9.83.